The van der Waals surface area contributed by atoms with Gasteiger partial charge in [0.25, 0.3) is 11.8 Å². The van der Waals surface area contributed by atoms with E-state index in [0.717, 1.165) is 11.8 Å². The molecule has 366 valence electrons. The Morgan fingerprint density at radius 1 is 0.595 bits per heavy atom. The number of hydrogen-bond donors (Lipinski definition) is 6. The van der Waals surface area contributed by atoms with Crippen LogP contribution < -0.4 is 26.3 Å². The quantitative estimate of drug-likeness (QED) is 0.0624. The molecule has 2 heterocycles. The van der Waals surface area contributed by atoms with Crippen molar-refractivity contribution in [3.05, 3.63) is 188 Å². The van der Waals surface area contributed by atoms with Crippen molar-refractivity contribution >= 4 is 73.8 Å². The second-order valence-corrected chi connectivity index (χ2v) is 17.6. The van der Waals surface area contributed by atoms with Gasteiger partial charge in [0.2, 0.25) is 0 Å². The molecule has 0 saturated heterocycles. The minimum Gasteiger partial charge on any atom is -0.508 e. The van der Waals surface area contributed by atoms with Gasteiger partial charge in [-0.2, -0.15) is 0 Å². The first-order valence-corrected chi connectivity index (χ1v) is 23.1. The van der Waals surface area contributed by atoms with E-state index in [9.17, 15) is 49.2 Å². The van der Waals surface area contributed by atoms with E-state index in [-0.39, 0.29) is 62.6 Å². The number of nitrogens with one attached hydrogen (secondary N) is 2. The van der Waals surface area contributed by atoms with Crippen LogP contribution in [-0.2, 0) is 6.54 Å². The zero-order valence-electron chi connectivity index (χ0n) is 39.6. The minimum atomic E-state index is -1.40. The van der Waals surface area contributed by atoms with Crippen LogP contribution in [0.3, 0.4) is 0 Å². The average Bonchev–Trinajstić information content (AvgIpc) is 3.38. The van der Waals surface area contributed by atoms with Crippen LogP contribution >= 0.6 is 0 Å². The molecule has 4 aliphatic rings. The summed E-state index contributed by atoms with van der Waals surface area (Å²) in [6.45, 7) is 2.15. The normalized spacial score (nSPS) is 11.6. The van der Waals surface area contributed by atoms with E-state index in [1.54, 1.807) is 48.5 Å². The number of amides is 2. The number of anilines is 2. The van der Waals surface area contributed by atoms with Gasteiger partial charge in [-0.05, 0) is 114 Å². The lowest BCUT2D eigenvalue weighted by atomic mass is 9.88. The Balaban J connectivity index is 0.937. The maximum absolute atomic E-state index is 14.0. The lowest BCUT2D eigenvalue weighted by Gasteiger charge is -2.19. The minimum absolute atomic E-state index is 0.00262. The summed E-state index contributed by atoms with van der Waals surface area (Å²) in [5.41, 5.74) is 3.39. The Morgan fingerprint density at radius 2 is 1.22 bits per heavy atom. The second-order valence-electron chi connectivity index (χ2n) is 17.6. The summed E-state index contributed by atoms with van der Waals surface area (Å²) in [6.07, 6.45) is 0. The predicted octanol–water partition coefficient (Wildman–Crippen LogP) is 10.2. The average molecular weight is 987 g/mol. The van der Waals surface area contributed by atoms with Gasteiger partial charge in [-0.15, -0.1) is 0 Å². The third-order valence-electron chi connectivity index (χ3n) is 12.8. The highest BCUT2D eigenvalue weighted by atomic mass is 16.4. The van der Waals surface area contributed by atoms with Gasteiger partial charge in [0.05, 0.1) is 34.2 Å². The summed E-state index contributed by atoms with van der Waals surface area (Å²) >= 11 is 0. The number of fused-ring (bicyclic) bond motifs is 5. The lowest BCUT2D eigenvalue weighted by molar-refractivity contribution is 0.0682. The van der Waals surface area contributed by atoms with Crippen LogP contribution in [0.5, 0.6) is 5.75 Å². The molecule has 0 saturated carbocycles. The van der Waals surface area contributed by atoms with E-state index in [1.165, 1.54) is 48.5 Å². The fourth-order valence-electron chi connectivity index (χ4n) is 9.31. The number of hydrogen-bond acceptors (Lipinski definition) is 11. The fraction of sp³-hybridized carbons (Fsp3) is 0.0862. The smallest absolute Gasteiger partial charge is 0.336 e. The van der Waals surface area contributed by atoms with Crippen LogP contribution in [0.15, 0.2) is 158 Å². The van der Waals surface area contributed by atoms with Gasteiger partial charge in [0.1, 0.15) is 28.4 Å². The highest BCUT2D eigenvalue weighted by molar-refractivity contribution is 6.14. The summed E-state index contributed by atoms with van der Waals surface area (Å²) in [6, 6.07) is 36.2. The molecule has 6 aromatic rings. The molecule has 0 spiro atoms. The first kappa shape index (κ1) is 47.6. The van der Waals surface area contributed by atoms with Crippen molar-refractivity contribution in [2.45, 2.75) is 13.5 Å². The summed E-state index contributed by atoms with van der Waals surface area (Å²) < 4.78 is 12.6. The van der Waals surface area contributed by atoms with Gasteiger partial charge in [-0.25, -0.2) is 14.4 Å². The van der Waals surface area contributed by atoms with Gasteiger partial charge in [-0.3, -0.25) is 19.4 Å². The van der Waals surface area contributed by atoms with Crippen molar-refractivity contribution < 1.29 is 53.2 Å². The third kappa shape index (κ3) is 8.65. The highest BCUT2D eigenvalue weighted by Gasteiger charge is 2.27. The van der Waals surface area contributed by atoms with E-state index >= 15 is 0 Å². The number of nitrogens with zero attached hydrogens (tertiary/aromatic N) is 2. The maximum Gasteiger partial charge on any atom is 0.336 e. The lowest BCUT2D eigenvalue weighted by Crippen LogP contribution is -2.26. The number of phenolic OH excluding ortho intramolecular Hbond substituents is 1. The molecule has 6 N–H and O–H groups in total. The van der Waals surface area contributed by atoms with Crippen molar-refractivity contribution in [1.82, 2.24) is 5.32 Å². The molecule has 16 heteroatoms. The summed E-state index contributed by atoms with van der Waals surface area (Å²) in [5.74, 6) is -4.78. The van der Waals surface area contributed by atoms with E-state index in [0.29, 0.717) is 78.3 Å². The Hall–Kier alpha value is -10.1. The monoisotopic (exact) mass is 986 g/mol. The molecule has 0 bridgehead atoms. The fourth-order valence-corrected chi connectivity index (χ4v) is 9.31. The second kappa shape index (κ2) is 18.9. The van der Waals surface area contributed by atoms with Crippen LogP contribution in [0, 0.1) is 0 Å². The van der Waals surface area contributed by atoms with Crippen LogP contribution in [0.4, 0.5) is 11.4 Å². The summed E-state index contributed by atoms with van der Waals surface area (Å²) in [5, 5.41) is 49.4. The molecule has 0 unspecified atom stereocenters. The van der Waals surface area contributed by atoms with Gasteiger partial charge in [0.15, 0.2) is 5.43 Å². The van der Waals surface area contributed by atoms with Gasteiger partial charge in [-0.1, -0.05) is 30.3 Å². The number of phenols is 1. The molecule has 2 aliphatic carbocycles. The molecular weight excluding hydrogens is 945 g/mol. The van der Waals surface area contributed by atoms with Crippen LogP contribution in [-0.4, -0.2) is 70.8 Å². The molecule has 2 amide bonds. The number of carbonyl (C=O) groups is 5. The van der Waals surface area contributed by atoms with Crippen molar-refractivity contribution in [3.8, 4) is 50.7 Å². The van der Waals surface area contributed by atoms with E-state index < -0.39 is 35.2 Å². The molecule has 16 nitrogen and oxygen atoms in total. The number of carboxylic acids is 3. The molecule has 74 heavy (non-hydrogen) atoms. The summed E-state index contributed by atoms with van der Waals surface area (Å²) in [4.78, 5) is 85.2. The maximum atomic E-state index is 14.0. The summed E-state index contributed by atoms with van der Waals surface area (Å²) in [7, 11) is 3.82. The largest absolute Gasteiger partial charge is 0.508 e. The van der Waals surface area contributed by atoms with E-state index in [4.69, 9.17) is 8.83 Å². The Morgan fingerprint density at radius 3 is 1.92 bits per heavy atom. The van der Waals surface area contributed by atoms with Crippen LogP contribution in [0.2, 0.25) is 0 Å². The van der Waals surface area contributed by atoms with Crippen LogP contribution in [0.1, 0.15) is 64.3 Å². The van der Waals surface area contributed by atoms with Gasteiger partial charge < -0.3 is 44.8 Å². The Bertz CT molecular complexity index is 4100. The zero-order chi connectivity index (χ0) is 52.1. The van der Waals surface area contributed by atoms with Crippen molar-refractivity contribution in [2.75, 3.05) is 30.9 Å². The van der Waals surface area contributed by atoms with Crippen molar-refractivity contribution in [3.63, 3.8) is 0 Å². The third-order valence-corrected chi connectivity index (χ3v) is 12.8. The SMILES string of the molecule is CCN=c1ccc2c(-c3ccc(C(=O)Nc4cccc5cc(C(=O)NCc6c7oc8cc(O)ccc8c(-c8ccc(C(=O)O)cc8C(=O)O)c-7ccc6=O)ccc45)cc3C(=O)O)c3ccc(N(C)C)cc3oc-2c1. The van der Waals surface area contributed by atoms with Crippen molar-refractivity contribution in [1.29, 1.82) is 0 Å². The molecule has 0 aromatic heterocycles. The number of carbonyl (C=O) groups excluding carboxylic acids is 2. The number of aromatic carboxylic acids is 3. The Kier molecular flexibility index (Phi) is 12.2. The van der Waals surface area contributed by atoms with Gasteiger partial charge in [0, 0.05) is 99.8 Å². The van der Waals surface area contributed by atoms with E-state index in [2.05, 4.69) is 15.6 Å². The van der Waals surface area contributed by atoms with E-state index in [1.807, 2.05) is 62.3 Å². The predicted molar refractivity (Wildman–Crippen MR) is 279 cm³/mol. The first-order valence-electron chi connectivity index (χ1n) is 23.1. The van der Waals surface area contributed by atoms with Gasteiger partial charge >= 0.3 is 17.9 Å². The number of carboxylic acid groups (broad SMARTS) is 3. The zero-order valence-corrected chi connectivity index (χ0v) is 39.6. The van der Waals surface area contributed by atoms with Crippen molar-refractivity contribution in [2.24, 2.45) is 4.99 Å². The molecule has 0 radical (unpaired) electrons. The molecule has 0 fully saturated rings. The molecule has 6 aromatic carbocycles. The molecule has 0 atom stereocenters. The Labute approximate surface area is 419 Å². The van der Waals surface area contributed by atoms with Crippen LogP contribution in [0.25, 0.3) is 77.6 Å². The highest BCUT2D eigenvalue weighted by Crippen LogP contribution is 2.45. The molecule has 10 rings (SSSR count). The number of benzene rings is 8. The molecular formula is C58H42N4O12. The first-order chi connectivity index (χ1) is 35.6. The number of rotatable bonds is 12. The number of aromatic hydroxyl groups is 1. The topological polar surface area (TPSA) is 249 Å². The molecule has 2 aliphatic heterocycles. The standard InChI is InChI=1S/C58H42N4O12/c1-4-59-33-11-17-39-48(25-33)73-49-26-34(62(2)3)12-18-40(49)51(39)37-15-9-31(23-43(37)57(69)70)55(66)61-46-7-5-6-29-22-30(8-14-36(29)46)54(65)60-28-45-47(64)21-20-42-52(41-19-13-35(63)27-50(41)74-53(42)45)38-16-10-32(56(67)68)24-44(38)58(71)72/h5-27,63H,4,28H2,1-3H3,(H,60,65)(H,61,66)(H,67,68)(H,69,70)(H,71,72).